The van der Waals surface area contributed by atoms with Gasteiger partial charge in [0.05, 0.1) is 0 Å². The van der Waals surface area contributed by atoms with Crippen molar-refractivity contribution in [1.82, 2.24) is 4.90 Å². The number of nitrogens with zero attached hydrogens (tertiary/aromatic N) is 1. The Kier molecular flexibility index (Phi) is 5.61. The van der Waals surface area contributed by atoms with Gasteiger partial charge in [-0.25, -0.2) is 0 Å². The van der Waals surface area contributed by atoms with Crippen molar-refractivity contribution in [3.63, 3.8) is 0 Å². The molecule has 1 nitrogen and oxygen atoms in total. The fraction of sp³-hybridized carbons (Fsp3) is 0.152. The molecular formula is C33H29N. The second-order valence-electron chi connectivity index (χ2n) is 9.35. The molecule has 0 saturated heterocycles. The molecule has 0 spiro atoms. The Bertz CT molecular complexity index is 1400. The molecular weight excluding hydrogens is 410 g/mol. The predicted molar refractivity (Wildman–Crippen MR) is 144 cm³/mol. The van der Waals surface area contributed by atoms with Gasteiger partial charge >= 0.3 is 0 Å². The van der Waals surface area contributed by atoms with Crippen molar-refractivity contribution < 1.29 is 0 Å². The minimum absolute atomic E-state index is 0.885. The number of fused-ring (bicyclic) bond motifs is 3. The third kappa shape index (κ3) is 4.10. The third-order valence-corrected chi connectivity index (χ3v) is 7.10. The lowest BCUT2D eigenvalue weighted by Crippen LogP contribution is -2.18. The topological polar surface area (TPSA) is 3.24 Å². The molecule has 0 N–H and O–H groups in total. The van der Waals surface area contributed by atoms with Gasteiger partial charge < -0.3 is 4.90 Å². The molecule has 166 valence electrons. The van der Waals surface area contributed by atoms with Crippen LogP contribution in [0.5, 0.6) is 0 Å². The molecule has 1 aliphatic carbocycles. The first-order chi connectivity index (χ1) is 16.8. The first kappa shape index (κ1) is 20.7. The molecule has 0 heterocycles. The summed E-state index contributed by atoms with van der Waals surface area (Å²) in [6, 6.07) is 39.8. The lowest BCUT2D eigenvalue weighted by atomic mass is 9.88. The molecule has 1 heteroatoms. The maximum Gasteiger partial charge on any atom is 0.0434 e. The molecule has 34 heavy (non-hydrogen) atoms. The Hall–Kier alpha value is -3.84. The smallest absolute Gasteiger partial charge is 0.0434 e. The number of hydrogen-bond donors (Lipinski definition) is 0. The van der Waals surface area contributed by atoms with Crippen molar-refractivity contribution in [3.8, 4) is 0 Å². The maximum absolute atomic E-state index is 2.53. The average Bonchev–Trinajstić information content (AvgIpc) is 2.89. The first-order valence-electron chi connectivity index (χ1n) is 12.3. The van der Waals surface area contributed by atoms with E-state index in [9.17, 15) is 0 Å². The largest absolute Gasteiger partial charge is 0.368 e. The minimum Gasteiger partial charge on any atom is -0.368 e. The monoisotopic (exact) mass is 439 g/mol. The van der Waals surface area contributed by atoms with Crippen LogP contribution < -0.4 is 0 Å². The van der Waals surface area contributed by atoms with Crippen LogP contribution in [0.25, 0.3) is 27.1 Å². The Morgan fingerprint density at radius 2 is 1.12 bits per heavy atom. The van der Waals surface area contributed by atoms with Crippen LogP contribution in [0.2, 0.25) is 0 Å². The number of allylic oxidation sites excluding steroid dienone is 1. The lowest BCUT2D eigenvalue weighted by Gasteiger charge is -2.26. The summed E-state index contributed by atoms with van der Waals surface area (Å²) in [5.74, 6) is 0. The fourth-order valence-electron chi connectivity index (χ4n) is 5.46. The summed E-state index contributed by atoms with van der Waals surface area (Å²) in [4.78, 5) is 2.53. The lowest BCUT2D eigenvalue weighted by molar-refractivity contribution is 0.365. The highest BCUT2D eigenvalue weighted by molar-refractivity contribution is 5.86. The SMILES string of the molecule is C(=C1CCCc2ccccc21)N(Cc1cccc2ccccc12)Cc1cccc2ccccc12. The molecule has 0 unspecified atom stereocenters. The average molecular weight is 440 g/mol. The van der Waals surface area contributed by atoms with E-state index < -0.39 is 0 Å². The van der Waals surface area contributed by atoms with Crippen LogP contribution in [0.3, 0.4) is 0 Å². The van der Waals surface area contributed by atoms with Crippen molar-refractivity contribution in [2.75, 3.05) is 0 Å². The van der Waals surface area contributed by atoms with Crippen molar-refractivity contribution in [2.45, 2.75) is 32.4 Å². The molecule has 5 aromatic carbocycles. The van der Waals surface area contributed by atoms with E-state index in [0.29, 0.717) is 0 Å². The highest BCUT2D eigenvalue weighted by Crippen LogP contribution is 2.32. The van der Waals surface area contributed by atoms with Crippen molar-refractivity contribution in [3.05, 3.63) is 138 Å². The number of aryl methyl sites for hydroxylation is 1. The van der Waals surface area contributed by atoms with E-state index in [4.69, 9.17) is 0 Å². The second kappa shape index (κ2) is 9.19. The van der Waals surface area contributed by atoms with Crippen molar-refractivity contribution in [2.24, 2.45) is 0 Å². The summed E-state index contributed by atoms with van der Waals surface area (Å²) in [6.45, 7) is 1.77. The van der Waals surface area contributed by atoms with Gasteiger partial charge in [0, 0.05) is 19.3 Å². The van der Waals surface area contributed by atoms with Crippen LogP contribution in [-0.2, 0) is 19.5 Å². The molecule has 5 aromatic rings. The van der Waals surface area contributed by atoms with E-state index in [1.165, 1.54) is 62.2 Å². The van der Waals surface area contributed by atoms with Crippen molar-refractivity contribution in [1.29, 1.82) is 0 Å². The predicted octanol–water partition coefficient (Wildman–Crippen LogP) is 8.37. The number of rotatable bonds is 5. The van der Waals surface area contributed by atoms with Crippen LogP contribution in [0.1, 0.15) is 35.1 Å². The molecule has 0 aromatic heterocycles. The van der Waals surface area contributed by atoms with Gasteiger partial charge in [-0.3, -0.25) is 0 Å². The molecule has 0 aliphatic heterocycles. The van der Waals surface area contributed by atoms with Crippen LogP contribution in [0.15, 0.2) is 115 Å². The van der Waals surface area contributed by atoms with Gasteiger partial charge in [0.25, 0.3) is 0 Å². The molecule has 0 radical (unpaired) electrons. The van der Waals surface area contributed by atoms with Gasteiger partial charge in [0.1, 0.15) is 0 Å². The van der Waals surface area contributed by atoms with Crippen LogP contribution >= 0.6 is 0 Å². The van der Waals surface area contributed by atoms with Gasteiger partial charge in [0.2, 0.25) is 0 Å². The van der Waals surface area contributed by atoms with Crippen molar-refractivity contribution >= 4 is 27.1 Å². The minimum atomic E-state index is 0.885. The first-order valence-corrected chi connectivity index (χ1v) is 12.3. The quantitative estimate of drug-likeness (QED) is 0.266. The van der Waals surface area contributed by atoms with Gasteiger partial charge in [-0.1, -0.05) is 109 Å². The van der Waals surface area contributed by atoms with E-state index in [-0.39, 0.29) is 0 Å². The molecule has 6 rings (SSSR count). The normalized spacial score (nSPS) is 14.4. The van der Waals surface area contributed by atoms with E-state index in [2.05, 4.69) is 120 Å². The standard InChI is InChI=1S/C33H29N/c1-4-19-31-25(10-1)13-7-16-28(31)22-34(23-29-17-8-14-26-11-2-5-20-32(26)29)24-30-18-9-15-27-12-3-6-21-33(27)30/h1-8,10-14,16-17,19-21,24H,9,15,18,22-23H2. The Labute approximate surface area is 202 Å². The summed E-state index contributed by atoms with van der Waals surface area (Å²) < 4.78 is 0. The summed E-state index contributed by atoms with van der Waals surface area (Å²) in [6.07, 6.45) is 5.99. The van der Waals surface area contributed by atoms with Gasteiger partial charge in [-0.15, -0.1) is 0 Å². The highest BCUT2D eigenvalue weighted by Gasteiger charge is 2.16. The van der Waals surface area contributed by atoms with Gasteiger partial charge in [-0.05, 0) is 68.6 Å². The van der Waals surface area contributed by atoms with E-state index in [1.54, 1.807) is 0 Å². The summed E-state index contributed by atoms with van der Waals surface area (Å²) in [5.41, 5.74) is 7.12. The number of hydrogen-bond acceptors (Lipinski definition) is 1. The zero-order chi connectivity index (χ0) is 22.7. The van der Waals surface area contributed by atoms with Crippen LogP contribution in [-0.4, -0.2) is 4.90 Å². The van der Waals surface area contributed by atoms with E-state index in [1.807, 2.05) is 0 Å². The third-order valence-electron chi connectivity index (χ3n) is 7.10. The molecule has 0 amide bonds. The van der Waals surface area contributed by atoms with E-state index >= 15 is 0 Å². The fourth-order valence-corrected chi connectivity index (χ4v) is 5.46. The number of benzene rings is 5. The maximum atomic E-state index is 2.53. The molecule has 0 atom stereocenters. The molecule has 0 saturated carbocycles. The van der Waals surface area contributed by atoms with E-state index in [0.717, 1.165) is 19.5 Å². The van der Waals surface area contributed by atoms with Crippen LogP contribution in [0.4, 0.5) is 0 Å². The Morgan fingerprint density at radius 3 is 1.79 bits per heavy atom. The highest BCUT2D eigenvalue weighted by atomic mass is 15.1. The molecule has 0 fully saturated rings. The summed E-state index contributed by atoms with van der Waals surface area (Å²) in [7, 11) is 0. The summed E-state index contributed by atoms with van der Waals surface area (Å²) >= 11 is 0. The zero-order valence-corrected chi connectivity index (χ0v) is 19.5. The van der Waals surface area contributed by atoms with Gasteiger partial charge in [-0.2, -0.15) is 0 Å². The van der Waals surface area contributed by atoms with Crippen LogP contribution in [0, 0.1) is 0 Å². The molecule has 1 aliphatic rings. The Balaban J connectivity index is 1.43. The zero-order valence-electron chi connectivity index (χ0n) is 19.5. The summed E-state index contributed by atoms with van der Waals surface area (Å²) in [5, 5.41) is 5.30. The molecule has 0 bridgehead atoms. The van der Waals surface area contributed by atoms with Gasteiger partial charge in [0.15, 0.2) is 0 Å². The second-order valence-corrected chi connectivity index (χ2v) is 9.35. The Morgan fingerprint density at radius 1 is 0.559 bits per heavy atom.